The second-order valence-corrected chi connectivity index (χ2v) is 11.7. The molecule has 1 saturated carbocycles. The van der Waals surface area contributed by atoms with Crippen molar-refractivity contribution in [3.8, 4) is 0 Å². The van der Waals surface area contributed by atoms with Gasteiger partial charge in [0.1, 0.15) is 11.8 Å². The van der Waals surface area contributed by atoms with E-state index in [4.69, 9.17) is 4.42 Å². The van der Waals surface area contributed by atoms with Gasteiger partial charge in [-0.3, -0.25) is 14.5 Å². The van der Waals surface area contributed by atoms with Crippen molar-refractivity contribution in [2.75, 3.05) is 39.3 Å². The van der Waals surface area contributed by atoms with E-state index in [0.29, 0.717) is 25.4 Å². The lowest BCUT2D eigenvalue weighted by molar-refractivity contribution is -0.127. The maximum absolute atomic E-state index is 14.3. The Labute approximate surface area is 244 Å². The number of para-hydroxylation sites is 1. The van der Waals surface area contributed by atoms with Crippen molar-refractivity contribution in [2.45, 2.75) is 83.8 Å². The molecule has 1 saturated heterocycles. The number of hydrogen-bond donors (Lipinski definition) is 2. The van der Waals surface area contributed by atoms with Crippen LogP contribution in [0, 0.1) is 0 Å². The normalized spacial score (nSPS) is 17.6. The van der Waals surface area contributed by atoms with Gasteiger partial charge in [0.25, 0.3) is 5.91 Å². The van der Waals surface area contributed by atoms with Crippen LogP contribution in [0.15, 0.2) is 47.0 Å². The van der Waals surface area contributed by atoms with Crippen LogP contribution in [0.5, 0.6) is 0 Å². The predicted octanol–water partition coefficient (Wildman–Crippen LogP) is 5.72. The molecule has 2 fully saturated rings. The smallest absolute Gasteiger partial charge is 0.290 e. The third-order valence-corrected chi connectivity index (χ3v) is 8.94. The molecule has 222 valence electrons. The Morgan fingerprint density at radius 2 is 1.71 bits per heavy atom. The molecular weight excluding hydrogens is 514 g/mol. The molecule has 2 N–H and O–H groups in total. The lowest BCUT2D eigenvalue weighted by atomic mass is 9.94. The Balaban J connectivity index is 1.47. The standard InChI is InChI=1S/C33H47N5O3/c1-3-36(4-2)21-22-38(33(40)30-18-17-26(41-30)24-37-19-11-6-12-20-37)31(32(39)35-25-13-7-5-8-14-25)28-23-34-29-16-10-9-15-27(28)29/h9-10,15-18,23,25,31,34H,3-8,11-14,19-22,24H2,1-2H3,(H,35,39)/t31-/m0/s1. The lowest BCUT2D eigenvalue weighted by Gasteiger charge is -2.34. The van der Waals surface area contributed by atoms with Crippen LogP contribution in [0.1, 0.15) is 93.1 Å². The highest BCUT2D eigenvalue weighted by Crippen LogP contribution is 2.31. The summed E-state index contributed by atoms with van der Waals surface area (Å²) in [5.74, 6) is 0.742. The molecule has 2 aliphatic rings. The van der Waals surface area contributed by atoms with Gasteiger partial charge >= 0.3 is 0 Å². The summed E-state index contributed by atoms with van der Waals surface area (Å²) in [7, 11) is 0. The second kappa shape index (κ2) is 14.2. The number of fused-ring (bicyclic) bond motifs is 1. The third kappa shape index (κ3) is 7.22. The molecule has 2 amide bonds. The van der Waals surface area contributed by atoms with Crippen LogP contribution in [-0.2, 0) is 11.3 Å². The Morgan fingerprint density at radius 1 is 0.976 bits per heavy atom. The van der Waals surface area contributed by atoms with Crippen molar-refractivity contribution in [2.24, 2.45) is 0 Å². The summed E-state index contributed by atoms with van der Waals surface area (Å²) < 4.78 is 6.19. The molecule has 0 unspecified atom stereocenters. The van der Waals surface area contributed by atoms with Gasteiger partial charge in [-0.1, -0.05) is 57.7 Å². The van der Waals surface area contributed by atoms with Crippen molar-refractivity contribution in [3.05, 3.63) is 59.7 Å². The van der Waals surface area contributed by atoms with Crippen molar-refractivity contribution >= 4 is 22.7 Å². The molecule has 1 aromatic carbocycles. The van der Waals surface area contributed by atoms with Gasteiger partial charge in [-0.05, 0) is 70.1 Å². The first-order valence-electron chi connectivity index (χ1n) is 15.8. The summed E-state index contributed by atoms with van der Waals surface area (Å²) in [5.41, 5.74) is 1.78. The molecule has 5 rings (SSSR count). The van der Waals surface area contributed by atoms with E-state index in [1.54, 1.807) is 11.0 Å². The third-order valence-electron chi connectivity index (χ3n) is 8.94. The molecular formula is C33H47N5O3. The van der Waals surface area contributed by atoms with Crippen LogP contribution in [0.3, 0.4) is 0 Å². The largest absolute Gasteiger partial charge is 0.455 e. The predicted molar refractivity (Wildman–Crippen MR) is 163 cm³/mol. The first-order chi connectivity index (χ1) is 20.1. The molecule has 1 aliphatic heterocycles. The van der Waals surface area contributed by atoms with Crippen LogP contribution in [0.25, 0.3) is 10.9 Å². The SMILES string of the molecule is CCN(CC)CCN(C(=O)c1ccc(CN2CCCCC2)o1)[C@H](C(=O)NC1CCCCC1)c1c[nH]c2ccccc12. The molecule has 8 nitrogen and oxygen atoms in total. The molecule has 0 radical (unpaired) electrons. The van der Waals surface area contributed by atoms with Gasteiger partial charge < -0.3 is 24.5 Å². The fraction of sp³-hybridized carbons (Fsp3) is 0.576. The topological polar surface area (TPSA) is 84.8 Å². The number of carbonyl (C=O) groups is 2. The maximum Gasteiger partial charge on any atom is 0.290 e. The number of furan rings is 1. The minimum atomic E-state index is -0.771. The van der Waals surface area contributed by atoms with Gasteiger partial charge in [-0.25, -0.2) is 0 Å². The number of amides is 2. The van der Waals surface area contributed by atoms with Crippen molar-refractivity contribution in [1.82, 2.24) is 25.0 Å². The fourth-order valence-corrected chi connectivity index (χ4v) is 6.49. The summed E-state index contributed by atoms with van der Waals surface area (Å²) in [6.45, 7) is 9.94. The fourth-order valence-electron chi connectivity index (χ4n) is 6.49. The molecule has 0 spiro atoms. The molecule has 8 heteroatoms. The monoisotopic (exact) mass is 561 g/mol. The van der Waals surface area contributed by atoms with Crippen molar-refractivity contribution < 1.29 is 14.0 Å². The van der Waals surface area contributed by atoms with Crippen LogP contribution in [0.4, 0.5) is 0 Å². The first-order valence-corrected chi connectivity index (χ1v) is 15.8. The van der Waals surface area contributed by atoms with E-state index in [-0.39, 0.29) is 17.9 Å². The maximum atomic E-state index is 14.3. The molecule has 41 heavy (non-hydrogen) atoms. The van der Waals surface area contributed by atoms with Gasteiger partial charge in [0, 0.05) is 41.8 Å². The van der Waals surface area contributed by atoms with Crippen LogP contribution in [0.2, 0.25) is 0 Å². The highest BCUT2D eigenvalue weighted by Gasteiger charge is 2.36. The van der Waals surface area contributed by atoms with E-state index in [2.05, 4.69) is 33.9 Å². The Hall–Kier alpha value is -3.10. The number of nitrogens with one attached hydrogen (secondary N) is 2. The number of aromatic nitrogens is 1. The molecule has 1 atom stereocenters. The highest BCUT2D eigenvalue weighted by atomic mass is 16.4. The van der Waals surface area contributed by atoms with Crippen molar-refractivity contribution in [1.29, 1.82) is 0 Å². The van der Waals surface area contributed by atoms with Gasteiger partial charge in [-0.2, -0.15) is 0 Å². The van der Waals surface area contributed by atoms with E-state index in [1.165, 1.54) is 25.7 Å². The average molecular weight is 562 g/mol. The molecule has 1 aliphatic carbocycles. The zero-order valence-electron chi connectivity index (χ0n) is 24.9. The van der Waals surface area contributed by atoms with E-state index >= 15 is 0 Å². The minimum absolute atomic E-state index is 0.116. The summed E-state index contributed by atoms with van der Waals surface area (Å²) in [6.07, 6.45) is 11.0. The Kier molecular flexibility index (Phi) is 10.2. The number of H-pyrrole nitrogens is 1. The van der Waals surface area contributed by atoms with Crippen LogP contribution >= 0.6 is 0 Å². The van der Waals surface area contributed by atoms with Gasteiger partial charge in [0.15, 0.2) is 5.76 Å². The molecule has 3 heterocycles. The summed E-state index contributed by atoms with van der Waals surface area (Å²) in [6, 6.07) is 11.1. The highest BCUT2D eigenvalue weighted by molar-refractivity contribution is 5.98. The second-order valence-electron chi connectivity index (χ2n) is 11.7. The first kappa shape index (κ1) is 29.4. The molecule has 2 aromatic heterocycles. The van der Waals surface area contributed by atoms with Gasteiger partial charge in [0.05, 0.1) is 6.54 Å². The Morgan fingerprint density at radius 3 is 2.46 bits per heavy atom. The number of hydrogen-bond acceptors (Lipinski definition) is 5. The van der Waals surface area contributed by atoms with E-state index in [9.17, 15) is 9.59 Å². The van der Waals surface area contributed by atoms with Gasteiger partial charge in [0.2, 0.25) is 5.91 Å². The summed E-state index contributed by atoms with van der Waals surface area (Å²) in [5, 5.41) is 4.30. The van der Waals surface area contributed by atoms with E-state index < -0.39 is 6.04 Å². The van der Waals surface area contributed by atoms with Crippen LogP contribution in [-0.4, -0.2) is 76.8 Å². The van der Waals surface area contributed by atoms with E-state index in [0.717, 1.165) is 74.1 Å². The van der Waals surface area contributed by atoms with Gasteiger partial charge in [-0.15, -0.1) is 0 Å². The quantitative estimate of drug-likeness (QED) is 0.295. The number of rotatable bonds is 12. The average Bonchev–Trinajstić information content (AvgIpc) is 3.65. The molecule has 0 bridgehead atoms. The summed E-state index contributed by atoms with van der Waals surface area (Å²) >= 11 is 0. The molecule has 3 aromatic rings. The minimum Gasteiger partial charge on any atom is -0.455 e. The Bertz CT molecular complexity index is 1270. The summed E-state index contributed by atoms with van der Waals surface area (Å²) in [4.78, 5) is 38.3. The number of benzene rings is 1. The number of piperidine rings is 1. The van der Waals surface area contributed by atoms with E-state index in [1.807, 2.05) is 36.5 Å². The number of nitrogens with zero attached hydrogens (tertiary/aromatic N) is 3. The zero-order valence-corrected chi connectivity index (χ0v) is 24.9. The number of aromatic amines is 1. The lowest BCUT2D eigenvalue weighted by Crippen LogP contribution is -2.49. The zero-order chi connectivity index (χ0) is 28.6. The van der Waals surface area contributed by atoms with Crippen LogP contribution < -0.4 is 5.32 Å². The number of likely N-dealkylation sites (tertiary alicyclic amines) is 1. The van der Waals surface area contributed by atoms with Crippen molar-refractivity contribution in [3.63, 3.8) is 0 Å². The number of carbonyl (C=O) groups excluding carboxylic acids is 2. The number of likely N-dealkylation sites (N-methyl/N-ethyl adjacent to an activating group) is 1.